The number of hydrogen-bond acceptors (Lipinski definition) is 6. The summed E-state index contributed by atoms with van der Waals surface area (Å²) in [5.74, 6) is 1.30. The first-order valence-corrected chi connectivity index (χ1v) is 13.0. The number of carbonyl (C=O) groups excluding carboxylic acids is 1. The van der Waals surface area contributed by atoms with Crippen molar-refractivity contribution in [2.45, 2.75) is 31.1 Å². The summed E-state index contributed by atoms with van der Waals surface area (Å²) < 4.78 is 38.0. The molecule has 1 N–H and O–H groups in total. The molecule has 0 aromatic heterocycles. The zero-order chi connectivity index (χ0) is 24.7. The minimum absolute atomic E-state index is 0.0463. The van der Waals surface area contributed by atoms with Gasteiger partial charge in [-0.05, 0) is 35.6 Å². The van der Waals surface area contributed by atoms with Gasteiger partial charge in [0.25, 0.3) is 0 Å². The van der Waals surface area contributed by atoms with Crippen LogP contribution in [0.3, 0.4) is 0 Å². The van der Waals surface area contributed by atoms with E-state index in [1.54, 1.807) is 6.07 Å². The molecule has 0 unspecified atom stereocenters. The first-order chi connectivity index (χ1) is 16.2. The second-order valence-corrected chi connectivity index (χ2v) is 10.6. The maximum Gasteiger partial charge on any atom is 0.243 e. The first kappa shape index (κ1) is 26.0. The van der Waals surface area contributed by atoms with Crippen LogP contribution >= 0.6 is 0 Å². The van der Waals surface area contributed by atoms with Gasteiger partial charge in [0.1, 0.15) is 0 Å². The second-order valence-electron chi connectivity index (χ2n) is 8.69. The van der Waals surface area contributed by atoms with E-state index in [-0.39, 0.29) is 17.3 Å². The van der Waals surface area contributed by atoms with E-state index < -0.39 is 10.0 Å². The quantitative estimate of drug-likeness (QED) is 0.552. The van der Waals surface area contributed by atoms with E-state index >= 15 is 0 Å². The van der Waals surface area contributed by atoms with E-state index in [2.05, 4.69) is 43.4 Å². The molecule has 3 rings (SSSR count). The van der Waals surface area contributed by atoms with Gasteiger partial charge in [-0.25, -0.2) is 8.42 Å². The molecule has 2 aromatic rings. The Morgan fingerprint density at radius 1 is 0.971 bits per heavy atom. The number of carbonyl (C=O) groups is 1. The molecule has 0 atom stereocenters. The lowest BCUT2D eigenvalue weighted by molar-refractivity contribution is -0.122. The average Bonchev–Trinajstić information content (AvgIpc) is 2.84. The Balaban J connectivity index is 1.45. The van der Waals surface area contributed by atoms with Gasteiger partial charge in [-0.3, -0.25) is 9.69 Å². The van der Waals surface area contributed by atoms with Crippen LogP contribution in [0.1, 0.15) is 30.9 Å². The number of nitrogens with zero attached hydrogens (tertiary/aromatic N) is 2. The molecule has 186 valence electrons. The van der Waals surface area contributed by atoms with Crippen molar-refractivity contribution in [1.82, 2.24) is 14.5 Å². The number of sulfonamides is 1. The fourth-order valence-corrected chi connectivity index (χ4v) is 5.37. The minimum atomic E-state index is -3.65. The zero-order valence-electron chi connectivity index (χ0n) is 20.4. The SMILES string of the molecule is COc1ccc(S(=O)(=O)N2CCN(CC(=O)NCCc3ccc(C(C)C)cc3)CC2)cc1OC. The van der Waals surface area contributed by atoms with Gasteiger partial charge in [0.05, 0.1) is 25.7 Å². The molecule has 0 saturated carbocycles. The van der Waals surface area contributed by atoms with Crippen LogP contribution in [0.4, 0.5) is 0 Å². The lowest BCUT2D eigenvalue weighted by atomic mass is 10.0. The van der Waals surface area contributed by atoms with Gasteiger partial charge in [0, 0.05) is 38.8 Å². The standard InChI is InChI=1S/C25H35N3O5S/c1-19(2)21-7-5-20(6-8-21)11-12-26-25(29)18-27-13-15-28(16-14-27)34(30,31)22-9-10-23(32-3)24(17-22)33-4/h5-10,17,19H,11-16,18H2,1-4H3,(H,26,29). The van der Waals surface area contributed by atoms with Gasteiger partial charge < -0.3 is 14.8 Å². The Kier molecular flexibility index (Phi) is 8.93. The van der Waals surface area contributed by atoms with Gasteiger partial charge in [0.2, 0.25) is 15.9 Å². The number of methoxy groups -OCH3 is 2. The van der Waals surface area contributed by atoms with Crippen LogP contribution in [-0.2, 0) is 21.2 Å². The molecule has 1 heterocycles. The number of amides is 1. The Morgan fingerprint density at radius 3 is 2.21 bits per heavy atom. The Hall–Kier alpha value is -2.62. The smallest absolute Gasteiger partial charge is 0.243 e. The second kappa shape index (κ2) is 11.7. The molecule has 1 amide bonds. The molecule has 1 aliphatic heterocycles. The van der Waals surface area contributed by atoms with Crippen molar-refractivity contribution < 1.29 is 22.7 Å². The number of nitrogens with one attached hydrogen (secondary N) is 1. The van der Waals surface area contributed by atoms with Crippen LogP contribution < -0.4 is 14.8 Å². The normalized spacial score (nSPS) is 15.3. The topological polar surface area (TPSA) is 88.2 Å². The number of benzene rings is 2. The van der Waals surface area contributed by atoms with Crippen molar-refractivity contribution in [2.24, 2.45) is 0 Å². The monoisotopic (exact) mass is 489 g/mol. The summed E-state index contributed by atoms with van der Waals surface area (Å²) in [6.07, 6.45) is 0.779. The first-order valence-electron chi connectivity index (χ1n) is 11.5. The number of hydrogen-bond donors (Lipinski definition) is 1. The summed E-state index contributed by atoms with van der Waals surface area (Å²) in [5, 5.41) is 2.97. The van der Waals surface area contributed by atoms with Crippen molar-refractivity contribution in [3.63, 3.8) is 0 Å². The van der Waals surface area contributed by atoms with Crippen LogP contribution in [0.15, 0.2) is 47.4 Å². The highest BCUT2D eigenvalue weighted by Gasteiger charge is 2.29. The van der Waals surface area contributed by atoms with Gasteiger partial charge in [-0.2, -0.15) is 4.31 Å². The van der Waals surface area contributed by atoms with Gasteiger partial charge >= 0.3 is 0 Å². The number of ether oxygens (including phenoxy) is 2. The summed E-state index contributed by atoms with van der Waals surface area (Å²) in [6, 6.07) is 13.1. The van der Waals surface area contributed by atoms with Crippen molar-refractivity contribution in [1.29, 1.82) is 0 Å². The summed E-state index contributed by atoms with van der Waals surface area (Å²) >= 11 is 0. The van der Waals surface area contributed by atoms with E-state index in [4.69, 9.17) is 9.47 Å². The minimum Gasteiger partial charge on any atom is -0.493 e. The van der Waals surface area contributed by atoms with Crippen LogP contribution in [0.5, 0.6) is 11.5 Å². The molecule has 0 radical (unpaired) electrons. The molecule has 34 heavy (non-hydrogen) atoms. The van der Waals surface area contributed by atoms with Gasteiger partial charge in [-0.15, -0.1) is 0 Å². The summed E-state index contributed by atoms with van der Waals surface area (Å²) in [4.78, 5) is 14.5. The molecule has 9 heteroatoms. The molecular formula is C25H35N3O5S. The maximum atomic E-state index is 13.0. The predicted molar refractivity (Wildman–Crippen MR) is 132 cm³/mol. The molecule has 1 saturated heterocycles. The van der Waals surface area contributed by atoms with Crippen LogP contribution in [-0.4, -0.2) is 77.0 Å². The fraction of sp³-hybridized carbons (Fsp3) is 0.480. The lowest BCUT2D eigenvalue weighted by Crippen LogP contribution is -2.51. The third-order valence-electron chi connectivity index (χ3n) is 6.07. The Morgan fingerprint density at radius 2 is 1.62 bits per heavy atom. The summed E-state index contributed by atoms with van der Waals surface area (Å²) in [5.41, 5.74) is 2.50. The molecular weight excluding hydrogens is 454 g/mol. The van der Waals surface area contributed by atoms with Gasteiger partial charge in [0.15, 0.2) is 11.5 Å². The predicted octanol–water partition coefficient (Wildman–Crippen LogP) is 2.49. The average molecular weight is 490 g/mol. The third-order valence-corrected chi connectivity index (χ3v) is 7.97. The van der Waals surface area contributed by atoms with Crippen molar-refractivity contribution in [3.05, 3.63) is 53.6 Å². The molecule has 1 aliphatic rings. The Labute approximate surface area is 202 Å². The maximum absolute atomic E-state index is 13.0. The van der Waals surface area contributed by atoms with E-state index in [9.17, 15) is 13.2 Å². The molecule has 1 fully saturated rings. The Bertz CT molecular complexity index is 1060. The van der Waals surface area contributed by atoms with Crippen molar-refractivity contribution in [2.75, 3.05) is 53.5 Å². The van der Waals surface area contributed by atoms with E-state index in [0.717, 1.165) is 6.42 Å². The number of piperazine rings is 1. The third kappa shape index (κ3) is 6.49. The van der Waals surface area contributed by atoms with E-state index in [1.165, 1.54) is 41.8 Å². The summed E-state index contributed by atoms with van der Waals surface area (Å²) in [6.45, 7) is 6.82. The molecule has 2 aromatic carbocycles. The highest BCUT2D eigenvalue weighted by Crippen LogP contribution is 2.30. The largest absolute Gasteiger partial charge is 0.493 e. The fourth-order valence-electron chi connectivity index (χ4n) is 3.93. The van der Waals surface area contributed by atoms with E-state index in [1.807, 2.05) is 4.90 Å². The van der Waals surface area contributed by atoms with Crippen molar-refractivity contribution >= 4 is 15.9 Å². The van der Waals surface area contributed by atoms with Crippen LogP contribution in [0, 0.1) is 0 Å². The molecule has 0 bridgehead atoms. The summed E-state index contributed by atoms with van der Waals surface area (Å²) in [7, 11) is -0.676. The molecule has 8 nitrogen and oxygen atoms in total. The van der Waals surface area contributed by atoms with E-state index in [0.29, 0.717) is 50.1 Å². The van der Waals surface area contributed by atoms with Gasteiger partial charge in [-0.1, -0.05) is 38.1 Å². The highest BCUT2D eigenvalue weighted by atomic mass is 32.2. The number of rotatable bonds is 10. The highest BCUT2D eigenvalue weighted by molar-refractivity contribution is 7.89. The van der Waals surface area contributed by atoms with Crippen LogP contribution in [0.2, 0.25) is 0 Å². The lowest BCUT2D eigenvalue weighted by Gasteiger charge is -2.33. The molecule has 0 aliphatic carbocycles. The molecule has 0 spiro atoms. The van der Waals surface area contributed by atoms with Crippen molar-refractivity contribution in [3.8, 4) is 11.5 Å². The zero-order valence-corrected chi connectivity index (χ0v) is 21.2. The van der Waals surface area contributed by atoms with Crippen LogP contribution in [0.25, 0.3) is 0 Å².